The Morgan fingerprint density at radius 2 is 1.20 bits per heavy atom. The number of amides is 1. The fourth-order valence-electron chi connectivity index (χ4n) is 6.35. The van der Waals surface area contributed by atoms with Gasteiger partial charge in [0.25, 0.3) is 0 Å². The van der Waals surface area contributed by atoms with Gasteiger partial charge in [-0.2, -0.15) is 20.5 Å². The van der Waals surface area contributed by atoms with Gasteiger partial charge in [0.2, 0.25) is 5.91 Å². The molecule has 2 fully saturated rings. The van der Waals surface area contributed by atoms with Crippen LogP contribution in [0.2, 0.25) is 0 Å². The summed E-state index contributed by atoms with van der Waals surface area (Å²) in [6, 6.07) is 6.62. The highest BCUT2D eigenvalue weighted by Crippen LogP contribution is 2.34. The van der Waals surface area contributed by atoms with E-state index in [4.69, 9.17) is 25.6 Å². The van der Waals surface area contributed by atoms with Crippen molar-refractivity contribution in [1.29, 1.82) is 10.5 Å². The zero-order valence-corrected chi connectivity index (χ0v) is 30.3. The van der Waals surface area contributed by atoms with Crippen molar-refractivity contribution in [3.63, 3.8) is 0 Å². The smallest absolute Gasteiger partial charge is 0.351 e. The second-order valence-corrected chi connectivity index (χ2v) is 13.4. The molecular formula is C37H58N8O9. The molecule has 0 radical (unpaired) electrons. The van der Waals surface area contributed by atoms with Crippen LogP contribution in [0.1, 0.15) is 117 Å². The summed E-state index contributed by atoms with van der Waals surface area (Å²) in [4.78, 5) is 43.6. The summed E-state index contributed by atoms with van der Waals surface area (Å²) in [5, 5.41) is 59.0. The zero-order chi connectivity index (χ0) is 38.8. The fourth-order valence-corrected chi connectivity index (χ4v) is 6.35. The molecule has 2 aliphatic heterocycles. The molecule has 2 unspecified atom stereocenters. The van der Waals surface area contributed by atoms with Gasteiger partial charge in [0.1, 0.15) is 47.9 Å². The number of hydrogen-bond donors (Lipinski definition) is 6. The van der Waals surface area contributed by atoms with E-state index in [0.717, 1.165) is 28.4 Å². The minimum absolute atomic E-state index is 0. The molecule has 4 heterocycles. The van der Waals surface area contributed by atoms with Crippen LogP contribution in [0.4, 0.5) is 11.6 Å². The van der Waals surface area contributed by atoms with Gasteiger partial charge in [-0.3, -0.25) is 13.9 Å². The number of nitrogen functional groups attached to an aromatic ring is 1. The average molecular weight is 759 g/mol. The predicted octanol–water partition coefficient (Wildman–Crippen LogP) is 2.91. The first-order chi connectivity index (χ1) is 25.6. The number of nitrogens with zero attached hydrogens (tertiary/aromatic N) is 6. The van der Waals surface area contributed by atoms with Crippen molar-refractivity contribution >= 4 is 17.5 Å². The first-order valence-corrected chi connectivity index (χ1v) is 18.5. The van der Waals surface area contributed by atoms with E-state index >= 15 is 0 Å². The molecule has 7 N–H and O–H groups in total. The summed E-state index contributed by atoms with van der Waals surface area (Å²) in [6.07, 6.45) is 13.0. The molecule has 2 saturated heterocycles. The first-order valence-electron chi connectivity index (χ1n) is 18.5. The van der Waals surface area contributed by atoms with Gasteiger partial charge in [0.15, 0.2) is 12.5 Å². The summed E-state index contributed by atoms with van der Waals surface area (Å²) in [7, 11) is 0. The van der Waals surface area contributed by atoms with Gasteiger partial charge in [-0.1, -0.05) is 91.4 Å². The van der Waals surface area contributed by atoms with Crippen molar-refractivity contribution in [1.82, 2.24) is 19.1 Å². The molecule has 1 amide bonds. The largest absolute Gasteiger partial charge is 0.394 e. The van der Waals surface area contributed by atoms with Crippen LogP contribution >= 0.6 is 0 Å². The number of hydrogen-bond acceptors (Lipinski definition) is 14. The van der Waals surface area contributed by atoms with E-state index in [9.17, 15) is 35.0 Å². The van der Waals surface area contributed by atoms with Crippen molar-refractivity contribution in [3.8, 4) is 12.1 Å². The number of anilines is 2. The lowest BCUT2D eigenvalue weighted by Crippen LogP contribution is -2.32. The Morgan fingerprint density at radius 1 is 0.778 bits per heavy atom. The molecule has 0 aromatic carbocycles. The van der Waals surface area contributed by atoms with E-state index in [1.807, 2.05) is 12.1 Å². The monoisotopic (exact) mass is 758 g/mol. The number of nitrogens with one attached hydrogen (secondary N) is 1. The Labute approximate surface area is 316 Å². The highest BCUT2D eigenvalue weighted by Gasteiger charge is 2.46. The van der Waals surface area contributed by atoms with Crippen molar-refractivity contribution in [3.05, 3.63) is 45.5 Å². The number of nitrogens with two attached hydrogens (primary N) is 1. The lowest BCUT2D eigenvalue weighted by Gasteiger charge is -2.16. The molecule has 2 aromatic rings. The number of carbonyl (C=O) groups excluding carboxylic acids is 1. The summed E-state index contributed by atoms with van der Waals surface area (Å²) in [5.74, 6) is -1.97. The number of rotatable bonds is 19. The zero-order valence-electron chi connectivity index (χ0n) is 30.3. The molecule has 0 bridgehead atoms. The quantitative estimate of drug-likeness (QED) is 0.113. The number of nitriles is 2. The molecular weight excluding hydrogens is 700 g/mol. The first kappa shape index (κ1) is 45.9. The van der Waals surface area contributed by atoms with Crippen molar-refractivity contribution < 1.29 is 34.7 Å². The molecule has 0 saturated carbocycles. The van der Waals surface area contributed by atoms with Gasteiger partial charge >= 0.3 is 11.4 Å². The Kier molecular flexibility index (Phi) is 20.6. The van der Waals surface area contributed by atoms with Crippen LogP contribution in [0.5, 0.6) is 0 Å². The van der Waals surface area contributed by atoms with Crippen LogP contribution < -0.4 is 22.4 Å². The topological polar surface area (TPSA) is 272 Å². The summed E-state index contributed by atoms with van der Waals surface area (Å²) >= 11 is 0. The lowest BCUT2D eigenvalue weighted by molar-refractivity contribution is -0.116. The summed E-state index contributed by atoms with van der Waals surface area (Å²) in [5.41, 5.74) is 3.97. The van der Waals surface area contributed by atoms with Crippen molar-refractivity contribution in [2.24, 2.45) is 11.8 Å². The summed E-state index contributed by atoms with van der Waals surface area (Å²) < 4.78 is 12.9. The van der Waals surface area contributed by atoms with Crippen LogP contribution in [0.25, 0.3) is 0 Å². The number of unbranched alkanes of at least 4 members (excludes halogenated alkanes) is 12. The van der Waals surface area contributed by atoms with E-state index in [0.29, 0.717) is 6.42 Å². The molecule has 0 aliphatic carbocycles. The van der Waals surface area contributed by atoms with Gasteiger partial charge in [-0.15, -0.1) is 0 Å². The van der Waals surface area contributed by atoms with E-state index in [1.54, 1.807) is 0 Å². The minimum atomic E-state index is -1.21. The van der Waals surface area contributed by atoms with Crippen molar-refractivity contribution in [2.45, 2.75) is 141 Å². The molecule has 4 rings (SSSR count). The van der Waals surface area contributed by atoms with E-state index < -0.39 is 73.3 Å². The maximum absolute atomic E-state index is 12.4. The molecule has 2 aromatic heterocycles. The molecule has 17 heteroatoms. The van der Waals surface area contributed by atoms with E-state index in [2.05, 4.69) is 22.2 Å². The second-order valence-electron chi connectivity index (χ2n) is 13.4. The Bertz CT molecular complexity index is 1620. The maximum Gasteiger partial charge on any atom is 0.351 e. The average Bonchev–Trinajstić information content (AvgIpc) is 3.64. The Hall–Kier alpha value is -4.23. The van der Waals surface area contributed by atoms with Crippen LogP contribution in [0.15, 0.2) is 34.1 Å². The van der Waals surface area contributed by atoms with E-state index in [1.165, 1.54) is 88.7 Å². The molecule has 300 valence electrons. The SMILES string of the molecule is C.CCCCCCCCCCCCCCCC(=O)Nc1ccn(C2O[C@H](CO)[C@@H](O)[C@@H]2C#N)c(=O)n1.N#C[C@@H]1C(n2ccc(N)nc2=O)O[C@H](CO)[C@H]1O. The molecule has 0 spiro atoms. The lowest BCUT2D eigenvalue weighted by atomic mass is 10.0. The normalized spacial score (nSPS) is 24.4. The summed E-state index contributed by atoms with van der Waals surface area (Å²) in [6.45, 7) is 1.34. The van der Waals surface area contributed by atoms with Crippen LogP contribution in [0, 0.1) is 34.5 Å². The second kappa shape index (κ2) is 24.2. The molecule has 8 atom stereocenters. The number of aliphatic hydroxyl groups excluding tert-OH is 4. The number of aliphatic hydroxyl groups is 4. The van der Waals surface area contributed by atoms with Gasteiger partial charge < -0.3 is 41.0 Å². The van der Waals surface area contributed by atoms with Crippen LogP contribution in [0.3, 0.4) is 0 Å². The predicted molar refractivity (Wildman–Crippen MR) is 199 cm³/mol. The van der Waals surface area contributed by atoms with Crippen molar-refractivity contribution in [2.75, 3.05) is 24.3 Å². The van der Waals surface area contributed by atoms with Gasteiger partial charge in [-0.25, -0.2) is 9.59 Å². The highest BCUT2D eigenvalue weighted by molar-refractivity contribution is 5.89. The minimum Gasteiger partial charge on any atom is -0.394 e. The Balaban J connectivity index is 0.000000444. The van der Waals surface area contributed by atoms with E-state index in [-0.39, 0.29) is 25.0 Å². The number of aromatic nitrogens is 4. The molecule has 17 nitrogen and oxygen atoms in total. The maximum atomic E-state index is 12.4. The Morgan fingerprint density at radius 3 is 1.61 bits per heavy atom. The number of carbonyl (C=O) groups is 1. The standard InChI is InChI=1S/C26H42N4O5.C10H12N4O4.CH4/c1-2-3-4-5-6-7-8-9-10-11-12-13-14-15-23(32)28-22-16-17-30(26(34)29-22)25-20(18-27)24(33)21(19-31)35-25;11-3-5-8(16)6(4-15)18-9(5)14-2-1-7(12)13-10(14)17;/h16-17,20-21,24-25,31,33H,2-15,19H2,1H3,(H,28,29,32,34);1-2,5-6,8-9,15-16H,4H2,(H2,12,13,17);1H4/t20-,21+,24-,25?;5-,6+,8-,9?;/m00./s1. The number of ether oxygens (including phenoxy) is 2. The van der Waals surface area contributed by atoms with Gasteiger partial charge in [0.05, 0.1) is 25.4 Å². The third-order valence-corrected chi connectivity index (χ3v) is 9.40. The fraction of sp³-hybridized carbons (Fsp3) is 0.703. The van der Waals surface area contributed by atoms with Gasteiger partial charge in [0, 0.05) is 18.8 Å². The molecule has 2 aliphatic rings. The molecule has 54 heavy (non-hydrogen) atoms. The van der Waals surface area contributed by atoms with Crippen LogP contribution in [-0.2, 0) is 14.3 Å². The van der Waals surface area contributed by atoms with Gasteiger partial charge in [-0.05, 0) is 18.6 Å². The highest BCUT2D eigenvalue weighted by atomic mass is 16.5. The third-order valence-electron chi connectivity index (χ3n) is 9.40. The third kappa shape index (κ3) is 13.3. The van der Waals surface area contributed by atoms with Crippen LogP contribution in [-0.4, -0.2) is 83.1 Å².